The van der Waals surface area contributed by atoms with Gasteiger partial charge in [-0.3, -0.25) is 0 Å². The van der Waals surface area contributed by atoms with Gasteiger partial charge in [0.05, 0.1) is 22.6 Å². The van der Waals surface area contributed by atoms with Crippen LogP contribution in [0, 0.1) is 0 Å². The average molecular weight is 690 g/mol. The van der Waals surface area contributed by atoms with Gasteiger partial charge in [0.2, 0.25) is 0 Å². The Morgan fingerprint density at radius 1 is 0.315 bits per heavy atom. The molecule has 8 aromatic carbocycles. The number of hydrogen-bond acceptors (Lipinski definition) is 2. The largest absolute Gasteiger partial charge is 0.650 e. The summed E-state index contributed by atoms with van der Waals surface area (Å²) in [4.78, 5) is 0. The maximum atomic E-state index is 7.71. The molecule has 0 saturated heterocycles. The lowest BCUT2D eigenvalue weighted by Crippen LogP contribution is -2.69. The average Bonchev–Trinajstić information content (AvgIpc) is 3.68. The number of hydrogen-bond donors (Lipinski definition) is 0. The van der Waals surface area contributed by atoms with Gasteiger partial charge in [-0.25, -0.2) is 0 Å². The van der Waals surface area contributed by atoms with Gasteiger partial charge in [-0.1, -0.05) is 155 Å². The normalized spacial score (nSPS) is 15.9. The van der Waals surface area contributed by atoms with Gasteiger partial charge in [-0.05, 0) is 46.5 Å². The van der Waals surface area contributed by atoms with Crippen molar-refractivity contribution in [1.29, 1.82) is 0 Å². The van der Waals surface area contributed by atoms with Crippen LogP contribution in [0.4, 0.5) is 11.4 Å². The molecule has 0 radical (unpaired) electrons. The number of benzene rings is 8. The van der Waals surface area contributed by atoms with Crippen molar-refractivity contribution in [3.8, 4) is 33.8 Å². The molecule has 12 rings (SSSR count). The molecule has 252 valence electrons. The summed E-state index contributed by atoms with van der Waals surface area (Å²) in [6.45, 7) is -3.79. The van der Waals surface area contributed by atoms with Gasteiger partial charge in [0.15, 0.2) is 11.4 Å². The van der Waals surface area contributed by atoms with Crippen LogP contribution in [0.3, 0.4) is 0 Å². The van der Waals surface area contributed by atoms with Crippen molar-refractivity contribution in [2.45, 2.75) is 0 Å². The zero-order valence-corrected chi connectivity index (χ0v) is 29.3. The van der Waals surface area contributed by atoms with Crippen molar-refractivity contribution in [3.63, 3.8) is 0 Å². The lowest BCUT2D eigenvalue weighted by molar-refractivity contribution is -0.304. The molecule has 0 atom stereocenters. The Kier molecular flexibility index (Phi) is 5.94. The first-order chi connectivity index (χ1) is 26.8. The second-order valence-electron chi connectivity index (χ2n) is 14.9. The fourth-order valence-corrected chi connectivity index (χ4v) is 10.1. The first-order valence-corrected chi connectivity index (χ1v) is 18.8. The van der Waals surface area contributed by atoms with Crippen molar-refractivity contribution in [2.75, 3.05) is 0 Å². The van der Waals surface area contributed by atoms with Crippen LogP contribution in [-0.4, -0.2) is 34.4 Å². The second kappa shape index (κ2) is 10.8. The van der Waals surface area contributed by atoms with Crippen molar-refractivity contribution >= 4 is 69.4 Å². The molecular weight excluding hydrogens is 658 g/mol. The van der Waals surface area contributed by atoms with E-state index in [9.17, 15) is 0 Å². The van der Waals surface area contributed by atoms with E-state index in [0.29, 0.717) is 0 Å². The van der Waals surface area contributed by atoms with Crippen LogP contribution in [0.2, 0.25) is 0 Å². The zero-order chi connectivity index (χ0) is 35.4. The summed E-state index contributed by atoms with van der Waals surface area (Å²) >= 11 is 0. The molecule has 8 aromatic rings. The monoisotopic (exact) mass is 690 g/mol. The van der Waals surface area contributed by atoms with Gasteiger partial charge in [0, 0.05) is 35.0 Å². The third-order valence-corrected chi connectivity index (χ3v) is 12.3. The lowest BCUT2D eigenvalue weighted by Gasteiger charge is -2.42. The Labute approximate surface area is 313 Å². The molecule has 0 unspecified atom stereocenters. The van der Waals surface area contributed by atoms with E-state index in [4.69, 9.17) is 9.31 Å². The molecule has 0 amide bonds. The Bertz CT molecular complexity index is 2660. The van der Waals surface area contributed by atoms with Crippen LogP contribution < -0.4 is 31.2 Å². The summed E-state index contributed by atoms with van der Waals surface area (Å²) in [6, 6.07) is 65.1. The molecule has 0 aliphatic carbocycles. The fourth-order valence-electron chi connectivity index (χ4n) is 10.1. The minimum atomic E-state index is -1.90. The molecule has 0 bridgehead atoms. The molecule has 4 nitrogen and oxygen atoms in total. The summed E-state index contributed by atoms with van der Waals surface area (Å²) in [6.07, 6.45) is 4.59. The van der Waals surface area contributed by atoms with Gasteiger partial charge >= 0.3 is 13.0 Å². The van der Waals surface area contributed by atoms with Crippen LogP contribution in [0.25, 0.3) is 33.0 Å². The summed E-state index contributed by atoms with van der Waals surface area (Å²) < 4.78 is 20.2. The quantitative estimate of drug-likeness (QED) is 0.175. The Morgan fingerprint density at radius 3 is 0.981 bits per heavy atom. The Hall–Kier alpha value is -6.91. The van der Waals surface area contributed by atoms with E-state index in [-0.39, 0.29) is 0 Å². The lowest BCUT2D eigenvalue weighted by atomic mass is 9.42. The SMILES string of the molecule is C1=[N+](c2ccccc2)[B-]2(Oc3c1ccc1c4c(ccc31)C=[N+](c1ccccc1)[B-]1(O4)c3ccccc3-c3ccccc31)c1ccccc1-c1ccccc12. The van der Waals surface area contributed by atoms with E-state index >= 15 is 0 Å². The smallest absolute Gasteiger partial charge is 0.514 e. The highest BCUT2D eigenvalue weighted by molar-refractivity contribution is 6.97. The standard InChI is InChI=1S/C48H32B2N2O2/c1-3-15-35(16-4-1)51-31-33-27-29-42-41(47(33)53-49(51)43-23-11-7-19-37(43)38-20-8-12-24-44(38)49)30-28-34-32-52(36-17-5-2-6-18-36)50(54-48(34)42)45-25-13-9-21-39(45)40-22-10-14-26-46(40)50/h1-32H. The first kappa shape index (κ1) is 29.6. The maximum Gasteiger partial charge on any atom is 0.514 e. The molecule has 2 spiro atoms. The Morgan fingerprint density at radius 2 is 0.630 bits per heavy atom. The number of nitrogens with zero attached hydrogens (tertiary/aromatic N) is 2. The van der Waals surface area contributed by atoms with E-state index in [1.54, 1.807) is 0 Å². The molecule has 0 fully saturated rings. The van der Waals surface area contributed by atoms with Crippen LogP contribution in [0.5, 0.6) is 11.5 Å². The van der Waals surface area contributed by atoms with Crippen molar-refractivity contribution < 1.29 is 18.3 Å². The number of fused-ring (bicyclic) bond motifs is 15. The van der Waals surface area contributed by atoms with Crippen LogP contribution >= 0.6 is 0 Å². The molecule has 4 aliphatic rings. The highest BCUT2D eigenvalue weighted by atomic mass is 16.5. The van der Waals surface area contributed by atoms with E-state index in [2.05, 4.69) is 203 Å². The molecule has 0 N–H and O–H groups in total. The molecule has 6 heteroatoms. The van der Waals surface area contributed by atoms with Crippen molar-refractivity contribution in [2.24, 2.45) is 0 Å². The topological polar surface area (TPSA) is 24.5 Å². The van der Waals surface area contributed by atoms with Crippen molar-refractivity contribution in [1.82, 2.24) is 0 Å². The Balaban J connectivity index is 1.13. The van der Waals surface area contributed by atoms with Gasteiger partial charge in [0.1, 0.15) is 12.4 Å². The van der Waals surface area contributed by atoms with Crippen LogP contribution in [0.1, 0.15) is 11.1 Å². The first-order valence-electron chi connectivity index (χ1n) is 18.8. The number of para-hydroxylation sites is 2. The highest BCUT2D eigenvalue weighted by Crippen LogP contribution is 2.45. The summed E-state index contributed by atoms with van der Waals surface area (Å²) in [7, 11) is 0. The van der Waals surface area contributed by atoms with Gasteiger partial charge < -0.3 is 18.3 Å². The van der Waals surface area contributed by atoms with E-state index in [1.807, 2.05) is 0 Å². The summed E-state index contributed by atoms with van der Waals surface area (Å²) in [5, 5.41) is 2.07. The van der Waals surface area contributed by atoms with E-state index in [0.717, 1.165) is 44.8 Å². The molecule has 54 heavy (non-hydrogen) atoms. The zero-order valence-electron chi connectivity index (χ0n) is 29.3. The fraction of sp³-hybridized carbons (Fsp3) is 0. The van der Waals surface area contributed by atoms with Crippen LogP contribution in [0.15, 0.2) is 182 Å². The third-order valence-electron chi connectivity index (χ3n) is 12.3. The molecule has 0 aromatic heterocycles. The predicted octanol–water partition coefficient (Wildman–Crippen LogP) is 7.62. The number of rotatable bonds is 2. The highest BCUT2D eigenvalue weighted by Gasteiger charge is 2.56. The molecule has 4 heterocycles. The van der Waals surface area contributed by atoms with Gasteiger partial charge in [0.25, 0.3) is 0 Å². The van der Waals surface area contributed by atoms with E-state index in [1.165, 1.54) is 44.1 Å². The third kappa shape index (κ3) is 3.74. The second-order valence-corrected chi connectivity index (χ2v) is 14.9. The summed E-state index contributed by atoms with van der Waals surface area (Å²) in [5.41, 5.74) is 13.8. The molecule has 4 aliphatic heterocycles. The molecule has 0 saturated carbocycles. The van der Waals surface area contributed by atoms with Gasteiger partial charge in [-0.15, -0.1) is 0 Å². The minimum Gasteiger partial charge on any atom is -0.650 e. The van der Waals surface area contributed by atoms with Crippen molar-refractivity contribution in [3.05, 3.63) is 193 Å². The van der Waals surface area contributed by atoms with Crippen LogP contribution in [-0.2, 0) is 0 Å². The van der Waals surface area contributed by atoms with E-state index < -0.39 is 13.0 Å². The predicted molar refractivity (Wildman–Crippen MR) is 222 cm³/mol. The summed E-state index contributed by atoms with van der Waals surface area (Å²) in [5.74, 6) is 1.74. The minimum absolute atomic E-state index is 0.872. The maximum absolute atomic E-state index is 7.71. The molecular formula is C48H32B2N2O2. The van der Waals surface area contributed by atoms with Gasteiger partial charge in [-0.2, -0.15) is 0 Å².